The molecule has 0 aliphatic heterocycles. The summed E-state index contributed by atoms with van der Waals surface area (Å²) in [5, 5.41) is 4.09. The van der Waals surface area contributed by atoms with E-state index in [9.17, 15) is 14.4 Å². The number of nitrogens with zero attached hydrogens (tertiary/aromatic N) is 2. The number of rotatable bonds is 9. The summed E-state index contributed by atoms with van der Waals surface area (Å²) in [4.78, 5) is 37.0. The molecule has 7 heteroatoms. The lowest BCUT2D eigenvalue weighted by Crippen LogP contribution is -2.19. The van der Waals surface area contributed by atoms with Crippen molar-refractivity contribution < 1.29 is 23.9 Å². The van der Waals surface area contributed by atoms with Gasteiger partial charge in [0.1, 0.15) is 12.2 Å². The number of aryl methyl sites for hydroxylation is 2. The van der Waals surface area contributed by atoms with Crippen molar-refractivity contribution in [1.82, 2.24) is 9.78 Å². The first-order chi connectivity index (χ1) is 13.4. The van der Waals surface area contributed by atoms with Crippen molar-refractivity contribution in [2.24, 2.45) is 0 Å². The normalized spacial score (nSPS) is 10.6. The summed E-state index contributed by atoms with van der Waals surface area (Å²) in [7, 11) is 0. The van der Waals surface area contributed by atoms with Crippen LogP contribution >= 0.6 is 0 Å². The maximum Gasteiger partial charge on any atom is 0.358 e. The number of benzene rings is 1. The number of carbonyl (C=O) groups excluding carboxylic acids is 3. The summed E-state index contributed by atoms with van der Waals surface area (Å²) >= 11 is 0. The molecule has 0 aliphatic rings. The van der Waals surface area contributed by atoms with E-state index in [-0.39, 0.29) is 36.9 Å². The molecule has 0 spiro atoms. The Morgan fingerprint density at radius 3 is 2.14 bits per heavy atom. The Morgan fingerprint density at radius 1 is 0.893 bits per heavy atom. The molecule has 28 heavy (non-hydrogen) atoms. The zero-order valence-electron chi connectivity index (χ0n) is 16.8. The molecule has 0 N–H and O–H groups in total. The fraction of sp³-hybridized carbons (Fsp3) is 0.429. The average molecular weight is 386 g/mol. The Kier molecular flexibility index (Phi) is 7.49. The lowest BCUT2D eigenvalue weighted by atomic mass is 9.98. The Bertz CT molecular complexity index is 870. The van der Waals surface area contributed by atoms with E-state index in [1.54, 1.807) is 19.9 Å². The van der Waals surface area contributed by atoms with Crippen LogP contribution in [0.2, 0.25) is 0 Å². The van der Waals surface area contributed by atoms with Gasteiger partial charge in [-0.2, -0.15) is 5.10 Å². The Balaban J connectivity index is 2.34. The predicted molar refractivity (Wildman–Crippen MR) is 104 cm³/mol. The van der Waals surface area contributed by atoms with Gasteiger partial charge in [0, 0.05) is 11.6 Å². The third kappa shape index (κ3) is 4.85. The van der Waals surface area contributed by atoms with Crippen LogP contribution in [0.25, 0.3) is 0 Å². The molecule has 0 unspecified atom stereocenters. The highest BCUT2D eigenvalue weighted by Gasteiger charge is 2.23. The van der Waals surface area contributed by atoms with Gasteiger partial charge >= 0.3 is 11.9 Å². The topological polar surface area (TPSA) is 87.5 Å². The molecule has 0 bridgehead atoms. The zero-order chi connectivity index (χ0) is 20.7. The summed E-state index contributed by atoms with van der Waals surface area (Å²) in [6.45, 7) is 7.65. The summed E-state index contributed by atoms with van der Waals surface area (Å²) in [6.07, 6.45) is 1.72. The minimum atomic E-state index is -0.653. The van der Waals surface area contributed by atoms with Crippen molar-refractivity contribution >= 4 is 17.7 Å². The van der Waals surface area contributed by atoms with Gasteiger partial charge < -0.3 is 9.47 Å². The van der Waals surface area contributed by atoms with Crippen LogP contribution in [0.15, 0.2) is 24.3 Å². The second-order valence-corrected chi connectivity index (χ2v) is 6.13. The van der Waals surface area contributed by atoms with E-state index >= 15 is 0 Å². The molecule has 0 aliphatic carbocycles. The van der Waals surface area contributed by atoms with Gasteiger partial charge in [-0.3, -0.25) is 4.79 Å². The van der Waals surface area contributed by atoms with Crippen molar-refractivity contribution in [3.05, 3.63) is 52.3 Å². The van der Waals surface area contributed by atoms with E-state index in [0.29, 0.717) is 5.56 Å². The smallest absolute Gasteiger partial charge is 0.358 e. The van der Waals surface area contributed by atoms with Crippen LogP contribution in [0.3, 0.4) is 0 Å². The van der Waals surface area contributed by atoms with Crippen LogP contribution in [0, 0.1) is 0 Å². The standard InChI is InChI=1S/C21H26N2O5/c1-5-14-9-10-16(11-15(14)6-2)19(24)13-23-18(21(26)28-8-4)12-17(22-23)20(25)27-7-3/h9-12H,5-8,13H2,1-4H3. The van der Waals surface area contributed by atoms with Crippen LogP contribution < -0.4 is 0 Å². The molecule has 1 aromatic heterocycles. The first kappa shape index (κ1) is 21.3. The van der Waals surface area contributed by atoms with Crippen LogP contribution in [-0.4, -0.2) is 40.7 Å². The van der Waals surface area contributed by atoms with Gasteiger partial charge in [-0.15, -0.1) is 0 Å². The van der Waals surface area contributed by atoms with Gasteiger partial charge in [0.15, 0.2) is 11.5 Å². The largest absolute Gasteiger partial charge is 0.461 e. The van der Waals surface area contributed by atoms with Crippen molar-refractivity contribution in [3.63, 3.8) is 0 Å². The Hall–Kier alpha value is -2.96. The first-order valence-corrected chi connectivity index (χ1v) is 9.52. The number of aromatic nitrogens is 2. The Morgan fingerprint density at radius 2 is 1.54 bits per heavy atom. The molecule has 7 nitrogen and oxygen atoms in total. The molecular weight excluding hydrogens is 360 g/mol. The monoisotopic (exact) mass is 386 g/mol. The zero-order valence-corrected chi connectivity index (χ0v) is 16.8. The maximum absolute atomic E-state index is 12.8. The second kappa shape index (κ2) is 9.82. The van der Waals surface area contributed by atoms with Crippen LogP contribution in [0.4, 0.5) is 0 Å². The molecule has 0 fully saturated rings. The van der Waals surface area contributed by atoms with Crippen molar-refractivity contribution in [1.29, 1.82) is 0 Å². The maximum atomic E-state index is 12.8. The molecule has 1 heterocycles. The number of ether oxygens (including phenoxy) is 2. The van der Waals surface area contributed by atoms with Gasteiger partial charge in [-0.05, 0) is 43.9 Å². The lowest BCUT2D eigenvalue weighted by molar-refractivity contribution is 0.0505. The number of ketones is 1. The highest BCUT2D eigenvalue weighted by molar-refractivity contribution is 5.98. The minimum absolute atomic E-state index is 0.0340. The number of Topliss-reactive ketones (excluding diaryl/α,β-unsaturated/α-hetero) is 1. The van der Waals surface area contributed by atoms with E-state index in [0.717, 1.165) is 18.4 Å². The molecule has 150 valence electrons. The highest BCUT2D eigenvalue weighted by Crippen LogP contribution is 2.16. The van der Waals surface area contributed by atoms with E-state index in [2.05, 4.69) is 12.0 Å². The number of esters is 2. The van der Waals surface area contributed by atoms with E-state index in [1.165, 1.54) is 16.3 Å². The quantitative estimate of drug-likeness (QED) is 0.486. The van der Waals surface area contributed by atoms with Crippen LogP contribution in [-0.2, 0) is 28.9 Å². The van der Waals surface area contributed by atoms with Gasteiger partial charge in [-0.1, -0.05) is 26.0 Å². The van der Waals surface area contributed by atoms with Crippen molar-refractivity contribution in [3.8, 4) is 0 Å². The molecule has 2 aromatic rings. The van der Waals surface area contributed by atoms with Crippen molar-refractivity contribution in [2.45, 2.75) is 47.1 Å². The summed E-state index contributed by atoms with van der Waals surface area (Å²) in [6, 6.07) is 6.90. The molecule has 0 saturated carbocycles. The van der Waals surface area contributed by atoms with Crippen molar-refractivity contribution in [2.75, 3.05) is 13.2 Å². The summed E-state index contributed by atoms with van der Waals surface area (Å²) in [5.74, 6) is -1.50. The fourth-order valence-corrected chi connectivity index (χ4v) is 2.91. The van der Waals surface area contributed by atoms with Gasteiger partial charge in [0.2, 0.25) is 0 Å². The van der Waals surface area contributed by atoms with E-state index in [4.69, 9.17) is 9.47 Å². The second-order valence-electron chi connectivity index (χ2n) is 6.13. The predicted octanol–water partition coefficient (Wildman–Crippen LogP) is 3.24. The van der Waals surface area contributed by atoms with Crippen LogP contribution in [0.1, 0.15) is 70.2 Å². The third-order valence-electron chi connectivity index (χ3n) is 4.33. The average Bonchev–Trinajstić information content (AvgIpc) is 3.11. The van der Waals surface area contributed by atoms with Gasteiger partial charge in [-0.25, -0.2) is 14.3 Å². The van der Waals surface area contributed by atoms with Crippen LogP contribution in [0.5, 0.6) is 0 Å². The summed E-state index contributed by atoms with van der Waals surface area (Å²) < 4.78 is 11.1. The molecule has 2 rings (SSSR count). The molecule has 0 amide bonds. The highest BCUT2D eigenvalue weighted by atomic mass is 16.5. The molecule has 0 radical (unpaired) electrons. The number of hydrogen-bond donors (Lipinski definition) is 0. The summed E-state index contributed by atoms with van der Waals surface area (Å²) in [5.41, 5.74) is 2.87. The minimum Gasteiger partial charge on any atom is -0.461 e. The van der Waals surface area contributed by atoms with E-state index in [1.807, 2.05) is 19.1 Å². The molecular formula is C21H26N2O5. The third-order valence-corrected chi connectivity index (χ3v) is 4.33. The molecule has 1 aromatic carbocycles. The molecule has 0 saturated heterocycles. The lowest BCUT2D eigenvalue weighted by Gasteiger charge is -2.10. The van der Waals surface area contributed by atoms with Gasteiger partial charge in [0.25, 0.3) is 0 Å². The SMILES string of the molecule is CCOC(=O)c1cc(C(=O)OCC)n(CC(=O)c2ccc(CC)c(CC)c2)n1. The van der Waals surface area contributed by atoms with Gasteiger partial charge in [0.05, 0.1) is 13.2 Å². The first-order valence-electron chi connectivity index (χ1n) is 9.52. The van der Waals surface area contributed by atoms with E-state index < -0.39 is 11.9 Å². The number of carbonyl (C=O) groups is 3. The Labute approximate surface area is 164 Å². The molecule has 0 atom stereocenters. The number of hydrogen-bond acceptors (Lipinski definition) is 6. The fourth-order valence-electron chi connectivity index (χ4n) is 2.91.